The predicted octanol–water partition coefficient (Wildman–Crippen LogP) is 2.71. The highest BCUT2D eigenvalue weighted by Gasteiger charge is 2.21. The van der Waals surface area contributed by atoms with E-state index < -0.39 is 9.05 Å². The monoisotopic (exact) mass is 303 g/mol. The van der Waals surface area contributed by atoms with Gasteiger partial charge in [0.2, 0.25) is 0 Å². The predicted molar refractivity (Wildman–Crippen MR) is 76.2 cm³/mol. The molecule has 0 aliphatic heterocycles. The number of halogens is 1. The second-order valence-corrected chi connectivity index (χ2v) is 6.88. The molecule has 0 N–H and O–H groups in total. The molecule has 0 bridgehead atoms. The maximum absolute atomic E-state index is 12.3. The lowest BCUT2D eigenvalue weighted by molar-refractivity contribution is 0.0772. The molecule has 1 rings (SSSR count). The van der Waals surface area contributed by atoms with Crippen molar-refractivity contribution in [2.24, 2.45) is 0 Å². The zero-order valence-corrected chi connectivity index (χ0v) is 13.1. The molecule has 0 spiro atoms. The molecule has 0 heterocycles. The molecule has 0 fully saturated rings. The van der Waals surface area contributed by atoms with E-state index in [1.807, 2.05) is 13.8 Å². The van der Waals surface area contributed by atoms with Crippen LogP contribution in [0.25, 0.3) is 0 Å². The first kappa shape index (κ1) is 16.0. The van der Waals surface area contributed by atoms with E-state index in [0.29, 0.717) is 24.2 Å². The van der Waals surface area contributed by atoms with E-state index in [9.17, 15) is 13.2 Å². The number of carbonyl (C=O) groups is 1. The van der Waals surface area contributed by atoms with E-state index in [0.717, 1.165) is 5.56 Å². The van der Waals surface area contributed by atoms with E-state index in [2.05, 4.69) is 0 Å². The Kier molecular flexibility index (Phi) is 4.98. The van der Waals surface area contributed by atoms with Crippen LogP contribution in [0.3, 0.4) is 0 Å². The summed E-state index contributed by atoms with van der Waals surface area (Å²) in [5.41, 5.74) is 1.68. The molecule has 0 unspecified atom stereocenters. The number of hydrogen-bond acceptors (Lipinski definition) is 3. The highest BCUT2D eigenvalue weighted by Crippen LogP contribution is 2.24. The molecular weight excluding hydrogens is 286 g/mol. The Bertz CT molecular complexity index is 592. The number of rotatable bonds is 4. The lowest BCUT2D eigenvalue weighted by atomic mass is 10.0. The molecule has 0 aromatic heterocycles. The van der Waals surface area contributed by atoms with Gasteiger partial charge in [-0.3, -0.25) is 4.79 Å². The fourth-order valence-electron chi connectivity index (χ4n) is 2.01. The summed E-state index contributed by atoms with van der Waals surface area (Å²) in [6, 6.07) is 3.04. The Labute approximate surface area is 118 Å². The Morgan fingerprint density at radius 1 is 1.16 bits per heavy atom. The van der Waals surface area contributed by atoms with Crippen LogP contribution in [0.4, 0.5) is 0 Å². The standard InChI is InChI=1S/C13H18ClNO3S/c1-5-15(6-2)13(16)11-8-12(19(14,17)18)10(4)7-9(11)3/h7-8H,5-6H2,1-4H3. The van der Waals surface area contributed by atoms with Gasteiger partial charge in [-0.15, -0.1) is 0 Å². The third-order valence-corrected chi connectivity index (χ3v) is 4.53. The van der Waals surface area contributed by atoms with Gasteiger partial charge < -0.3 is 4.90 Å². The van der Waals surface area contributed by atoms with Gasteiger partial charge in [0.15, 0.2) is 0 Å². The minimum Gasteiger partial charge on any atom is -0.339 e. The van der Waals surface area contributed by atoms with Crippen LogP contribution in [0.15, 0.2) is 17.0 Å². The summed E-state index contributed by atoms with van der Waals surface area (Å²) in [7, 11) is 1.54. The van der Waals surface area contributed by atoms with E-state index in [1.165, 1.54) is 6.07 Å². The second kappa shape index (κ2) is 5.92. The van der Waals surface area contributed by atoms with Gasteiger partial charge in [-0.25, -0.2) is 8.42 Å². The number of hydrogen-bond donors (Lipinski definition) is 0. The third kappa shape index (κ3) is 3.48. The zero-order valence-electron chi connectivity index (χ0n) is 11.5. The lowest BCUT2D eigenvalue weighted by Crippen LogP contribution is -2.31. The molecule has 0 saturated carbocycles. The van der Waals surface area contributed by atoms with E-state index >= 15 is 0 Å². The van der Waals surface area contributed by atoms with Crippen LogP contribution in [-0.2, 0) is 9.05 Å². The number of aryl methyl sites for hydroxylation is 2. The van der Waals surface area contributed by atoms with Gasteiger partial charge in [0, 0.05) is 29.3 Å². The van der Waals surface area contributed by atoms with E-state index in [-0.39, 0.29) is 10.8 Å². The van der Waals surface area contributed by atoms with Crippen LogP contribution in [0.5, 0.6) is 0 Å². The van der Waals surface area contributed by atoms with Crippen molar-refractivity contribution >= 4 is 25.6 Å². The summed E-state index contributed by atoms with van der Waals surface area (Å²) in [6.07, 6.45) is 0. The van der Waals surface area contributed by atoms with E-state index in [1.54, 1.807) is 24.8 Å². The molecule has 0 aliphatic carbocycles. The van der Waals surface area contributed by atoms with Crippen LogP contribution in [0, 0.1) is 13.8 Å². The van der Waals surface area contributed by atoms with Gasteiger partial charge in [-0.1, -0.05) is 6.07 Å². The quantitative estimate of drug-likeness (QED) is 0.804. The largest absolute Gasteiger partial charge is 0.339 e. The maximum Gasteiger partial charge on any atom is 0.261 e. The number of benzene rings is 1. The van der Waals surface area contributed by atoms with Crippen molar-refractivity contribution in [3.8, 4) is 0 Å². The van der Waals surface area contributed by atoms with Crippen molar-refractivity contribution in [2.45, 2.75) is 32.6 Å². The summed E-state index contributed by atoms with van der Waals surface area (Å²) in [4.78, 5) is 13.9. The van der Waals surface area contributed by atoms with Crippen molar-refractivity contribution in [3.63, 3.8) is 0 Å². The first-order chi connectivity index (χ1) is 8.72. The molecule has 106 valence electrons. The van der Waals surface area contributed by atoms with Gasteiger partial charge in [-0.05, 0) is 44.9 Å². The second-order valence-electron chi connectivity index (χ2n) is 4.35. The van der Waals surface area contributed by atoms with Crippen molar-refractivity contribution in [3.05, 3.63) is 28.8 Å². The topological polar surface area (TPSA) is 54.5 Å². The molecule has 19 heavy (non-hydrogen) atoms. The molecule has 1 amide bonds. The first-order valence-corrected chi connectivity index (χ1v) is 8.38. The Balaban J connectivity index is 3.41. The number of nitrogens with zero attached hydrogens (tertiary/aromatic N) is 1. The van der Waals surface area contributed by atoms with Crippen LogP contribution >= 0.6 is 10.7 Å². The van der Waals surface area contributed by atoms with Crippen molar-refractivity contribution in [1.82, 2.24) is 4.90 Å². The molecule has 1 aromatic carbocycles. The molecule has 0 saturated heterocycles. The average molecular weight is 304 g/mol. The average Bonchev–Trinajstić information content (AvgIpc) is 2.28. The van der Waals surface area contributed by atoms with Crippen LogP contribution < -0.4 is 0 Å². The fourth-order valence-corrected chi connectivity index (χ4v) is 3.21. The molecule has 4 nitrogen and oxygen atoms in total. The zero-order chi connectivity index (χ0) is 14.8. The molecule has 0 aliphatic rings. The smallest absolute Gasteiger partial charge is 0.261 e. The van der Waals surface area contributed by atoms with Crippen molar-refractivity contribution in [2.75, 3.05) is 13.1 Å². The third-order valence-electron chi connectivity index (χ3n) is 3.07. The van der Waals surface area contributed by atoms with Crippen LogP contribution in [0.2, 0.25) is 0 Å². The maximum atomic E-state index is 12.3. The first-order valence-electron chi connectivity index (χ1n) is 6.07. The Hall–Kier alpha value is -1.07. The minimum atomic E-state index is -3.84. The summed E-state index contributed by atoms with van der Waals surface area (Å²) >= 11 is 0. The number of amides is 1. The van der Waals surface area contributed by atoms with Gasteiger partial charge in [0.25, 0.3) is 15.0 Å². The Morgan fingerprint density at radius 2 is 1.68 bits per heavy atom. The van der Waals surface area contributed by atoms with Crippen LogP contribution in [-0.4, -0.2) is 32.3 Å². The van der Waals surface area contributed by atoms with Crippen molar-refractivity contribution in [1.29, 1.82) is 0 Å². The highest BCUT2D eigenvalue weighted by atomic mass is 35.7. The molecule has 0 radical (unpaired) electrons. The molecule has 1 aromatic rings. The van der Waals surface area contributed by atoms with Gasteiger partial charge in [0.1, 0.15) is 0 Å². The van der Waals surface area contributed by atoms with Crippen LogP contribution in [0.1, 0.15) is 35.3 Å². The molecule has 0 atom stereocenters. The summed E-state index contributed by atoms with van der Waals surface area (Å²) in [5.74, 6) is -0.177. The highest BCUT2D eigenvalue weighted by molar-refractivity contribution is 8.13. The molecular formula is C13H18ClNO3S. The number of carbonyl (C=O) groups excluding carboxylic acids is 1. The SMILES string of the molecule is CCN(CC)C(=O)c1cc(S(=O)(=O)Cl)c(C)cc1C. The summed E-state index contributed by atoms with van der Waals surface area (Å²) in [5, 5.41) is 0. The fraction of sp³-hybridized carbons (Fsp3) is 0.462. The van der Waals surface area contributed by atoms with E-state index in [4.69, 9.17) is 10.7 Å². The Morgan fingerprint density at radius 3 is 2.11 bits per heavy atom. The minimum absolute atomic E-state index is 0.00438. The van der Waals surface area contributed by atoms with Crippen molar-refractivity contribution < 1.29 is 13.2 Å². The summed E-state index contributed by atoms with van der Waals surface area (Å²) in [6.45, 7) is 8.35. The van der Waals surface area contributed by atoms with Gasteiger partial charge in [0.05, 0.1) is 4.90 Å². The normalized spacial score (nSPS) is 11.4. The lowest BCUT2D eigenvalue weighted by Gasteiger charge is -2.20. The molecule has 6 heteroatoms. The summed E-state index contributed by atoms with van der Waals surface area (Å²) < 4.78 is 23.0. The van der Waals surface area contributed by atoms with Gasteiger partial charge in [-0.2, -0.15) is 0 Å². The van der Waals surface area contributed by atoms with Gasteiger partial charge >= 0.3 is 0 Å².